The normalized spacial score (nSPS) is 27.7. The minimum Gasteiger partial charge on any atom is -0.399 e. The highest BCUT2D eigenvalue weighted by Gasteiger charge is 2.52. The lowest BCUT2D eigenvalue weighted by atomic mass is 9.79. The first kappa shape index (κ1) is 20.4. The molecule has 6 nitrogen and oxygen atoms in total. The fraction of sp³-hybridized carbons (Fsp3) is 0.682. The van der Waals surface area contributed by atoms with Crippen molar-refractivity contribution in [3.8, 4) is 0 Å². The molecule has 30 heavy (non-hydrogen) atoms. The van der Waals surface area contributed by atoms with Gasteiger partial charge in [0.05, 0.1) is 29.4 Å². The zero-order chi connectivity index (χ0) is 21.1. The molecule has 2 aromatic rings. The lowest BCUT2D eigenvalue weighted by molar-refractivity contribution is -0.167. The van der Waals surface area contributed by atoms with Crippen LogP contribution >= 0.6 is 0 Å². The molecular formula is C22H30BFN2O4. The van der Waals surface area contributed by atoms with Crippen LogP contribution in [0.2, 0.25) is 0 Å². The number of aryl methyl sites for hydroxylation is 1. The maximum Gasteiger partial charge on any atom is 0.495 e. The first-order valence-electron chi connectivity index (χ1n) is 11.0. The van der Waals surface area contributed by atoms with Gasteiger partial charge in [-0.1, -0.05) is 0 Å². The molecule has 0 aliphatic carbocycles. The van der Waals surface area contributed by atoms with E-state index in [1.807, 2.05) is 33.8 Å². The van der Waals surface area contributed by atoms with Crippen LogP contribution in [0.1, 0.15) is 65.2 Å². The smallest absolute Gasteiger partial charge is 0.399 e. The van der Waals surface area contributed by atoms with Gasteiger partial charge in [0.1, 0.15) is 11.3 Å². The second kappa shape index (κ2) is 7.29. The summed E-state index contributed by atoms with van der Waals surface area (Å²) in [4.78, 5) is 4.58. The number of hydrogen-bond donors (Lipinski definition) is 0. The Balaban J connectivity index is 1.43. The number of fused-ring (bicyclic) bond motifs is 3. The third-order valence-corrected chi connectivity index (χ3v) is 7.05. The summed E-state index contributed by atoms with van der Waals surface area (Å²) in [7, 11) is -0.605. The molecule has 0 saturated carbocycles. The van der Waals surface area contributed by atoms with Crippen molar-refractivity contribution in [3.05, 3.63) is 23.8 Å². The Bertz CT molecular complexity index is 938. The largest absolute Gasteiger partial charge is 0.495 e. The molecule has 0 spiro atoms. The van der Waals surface area contributed by atoms with Crippen molar-refractivity contribution in [1.29, 1.82) is 0 Å². The van der Waals surface area contributed by atoms with E-state index in [1.54, 1.807) is 0 Å². The molecule has 3 aliphatic heterocycles. The van der Waals surface area contributed by atoms with Gasteiger partial charge in [-0.2, -0.15) is 0 Å². The van der Waals surface area contributed by atoms with E-state index in [0.29, 0.717) is 17.6 Å². The lowest BCUT2D eigenvalue weighted by Crippen LogP contribution is -2.41. The van der Waals surface area contributed by atoms with E-state index in [-0.39, 0.29) is 18.1 Å². The Morgan fingerprint density at radius 1 is 1.17 bits per heavy atom. The van der Waals surface area contributed by atoms with Crippen LogP contribution < -0.4 is 5.46 Å². The molecule has 0 amide bonds. The number of halogens is 1. The molecule has 162 valence electrons. The summed E-state index contributed by atoms with van der Waals surface area (Å²) in [6, 6.07) is 3.59. The standard InChI is InChI=1S/C22H30BFN2O4/c1-21(2)22(3,4)30-23(29-21)14-11-16(24)20-17(12-14)26-15(8-9-18(26)25-20)13-28-19-7-5-6-10-27-19/h11-12,15,19H,5-10,13H2,1-4H3/t15-,19?/m0/s1. The topological polar surface area (TPSA) is 54.7 Å². The second-order valence-electron chi connectivity index (χ2n) is 9.68. The van der Waals surface area contributed by atoms with Gasteiger partial charge in [-0.25, -0.2) is 9.37 Å². The highest BCUT2D eigenvalue weighted by atomic mass is 19.1. The van der Waals surface area contributed by atoms with Crippen LogP contribution in [-0.2, 0) is 25.2 Å². The molecule has 1 aromatic carbocycles. The third kappa shape index (κ3) is 3.38. The predicted molar refractivity (Wildman–Crippen MR) is 112 cm³/mol. The molecule has 0 radical (unpaired) electrons. The van der Waals surface area contributed by atoms with Gasteiger partial charge in [-0.15, -0.1) is 0 Å². The Labute approximate surface area is 177 Å². The number of benzene rings is 1. The lowest BCUT2D eigenvalue weighted by Gasteiger charge is -2.32. The van der Waals surface area contributed by atoms with E-state index in [9.17, 15) is 0 Å². The van der Waals surface area contributed by atoms with Crippen molar-refractivity contribution in [2.75, 3.05) is 13.2 Å². The van der Waals surface area contributed by atoms with Gasteiger partial charge in [0.25, 0.3) is 0 Å². The summed E-state index contributed by atoms with van der Waals surface area (Å²) in [5.74, 6) is 0.572. The Morgan fingerprint density at radius 2 is 1.93 bits per heavy atom. The van der Waals surface area contributed by atoms with Crippen LogP contribution in [0.4, 0.5) is 4.39 Å². The summed E-state index contributed by atoms with van der Waals surface area (Å²) in [6.07, 6.45) is 4.80. The molecular weight excluding hydrogens is 386 g/mol. The van der Waals surface area contributed by atoms with E-state index in [2.05, 4.69) is 9.55 Å². The molecule has 1 unspecified atom stereocenters. The van der Waals surface area contributed by atoms with Gasteiger partial charge in [0, 0.05) is 13.0 Å². The van der Waals surface area contributed by atoms with E-state index in [4.69, 9.17) is 18.8 Å². The fourth-order valence-corrected chi connectivity index (χ4v) is 4.56. The monoisotopic (exact) mass is 416 g/mol. The summed E-state index contributed by atoms with van der Waals surface area (Å²) in [6.45, 7) is 9.30. The SMILES string of the molecule is CC1(C)OB(c2cc(F)c3nc4n(c3c2)[C@H](COC2CCCCO2)CC4)OC1(C)C. The van der Waals surface area contributed by atoms with Crippen molar-refractivity contribution in [2.24, 2.45) is 0 Å². The molecule has 0 bridgehead atoms. The van der Waals surface area contributed by atoms with Crippen molar-refractivity contribution in [1.82, 2.24) is 9.55 Å². The van der Waals surface area contributed by atoms with E-state index in [0.717, 1.165) is 50.1 Å². The predicted octanol–water partition coefficient (Wildman–Crippen LogP) is 3.51. The van der Waals surface area contributed by atoms with Crippen molar-refractivity contribution in [2.45, 2.75) is 83.3 Å². The molecule has 8 heteroatoms. The minimum absolute atomic E-state index is 0.128. The first-order chi connectivity index (χ1) is 14.2. The maximum atomic E-state index is 15.0. The molecule has 3 aliphatic rings. The molecule has 2 atom stereocenters. The van der Waals surface area contributed by atoms with E-state index in [1.165, 1.54) is 6.07 Å². The Hall–Kier alpha value is -1.48. The van der Waals surface area contributed by atoms with Gasteiger partial charge in [0.2, 0.25) is 0 Å². The number of aromatic nitrogens is 2. The number of hydrogen-bond acceptors (Lipinski definition) is 5. The average molecular weight is 416 g/mol. The minimum atomic E-state index is -0.605. The summed E-state index contributed by atoms with van der Waals surface area (Å²) in [5.41, 5.74) is 0.926. The van der Waals surface area contributed by atoms with Gasteiger partial charge < -0.3 is 23.3 Å². The quantitative estimate of drug-likeness (QED) is 0.715. The average Bonchev–Trinajstić information content (AvgIpc) is 3.32. The molecule has 4 heterocycles. The number of rotatable bonds is 4. The zero-order valence-electron chi connectivity index (χ0n) is 18.2. The van der Waals surface area contributed by atoms with Gasteiger partial charge in [-0.3, -0.25) is 0 Å². The van der Waals surface area contributed by atoms with E-state index >= 15 is 4.39 Å². The van der Waals surface area contributed by atoms with Crippen LogP contribution in [0, 0.1) is 5.82 Å². The van der Waals surface area contributed by atoms with Crippen LogP contribution in [0.25, 0.3) is 11.0 Å². The molecule has 1 aromatic heterocycles. The number of ether oxygens (including phenoxy) is 2. The van der Waals surface area contributed by atoms with Crippen molar-refractivity contribution < 1.29 is 23.2 Å². The highest BCUT2D eigenvalue weighted by Crippen LogP contribution is 2.37. The maximum absolute atomic E-state index is 15.0. The summed E-state index contributed by atoms with van der Waals surface area (Å²) in [5, 5.41) is 0. The Morgan fingerprint density at radius 3 is 2.63 bits per heavy atom. The van der Waals surface area contributed by atoms with Crippen molar-refractivity contribution in [3.63, 3.8) is 0 Å². The molecule has 2 fully saturated rings. The molecule has 2 saturated heterocycles. The zero-order valence-corrected chi connectivity index (χ0v) is 18.2. The van der Waals surface area contributed by atoms with Gasteiger partial charge in [-0.05, 0) is 71.0 Å². The van der Waals surface area contributed by atoms with Crippen LogP contribution in [0.15, 0.2) is 12.1 Å². The second-order valence-corrected chi connectivity index (χ2v) is 9.68. The van der Waals surface area contributed by atoms with E-state index < -0.39 is 18.3 Å². The van der Waals surface area contributed by atoms with Gasteiger partial charge in [0.15, 0.2) is 12.1 Å². The van der Waals surface area contributed by atoms with Crippen molar-refractivity contribution >= 4 is 23.6 Å². The van der Waals surface area contributed by atoms with Crippen LogP contribution in [0.5, 0.6) is 0 Å². The molecule has 5 rings (SSSR count). The Kier molecular flexibility index (Phi) is 4.97. The third-order valence-electron chi connectivity index (χ3n) is 7.05. The number of nitrogens with zero attached hydrogens (tertiary/aromatic N) is 2. The highest BCUT2D eigenvalue weighted by molar-refractivity contribution is 6.62. The summed E-state index contributed by atoms with van der Waals surface area (Å²) < 4.78 is 41.2. The first-order valence-corrected chi connectivity index (χ1v) is 11.0. The summed E-state index contributed by atoms with van der Waals surface area (Å²) >= 11 is 0. The van der Waals surface area contributed by atoms with Crippen LogP contribution in [0.3, 0.4) is 0 Å². The molecule has 0 N–H and O–H groups in total. The fourth-order valence-electron chi connectivity index (χ4n) is 4.56. The number of imidazole rings is 1. The van der Waals surface area contributed by atoms with Gasteiger partial charge >= 0.3 is 7.12 Å². The van der Waals surface area contributed by atoms with Crippen LogP contribution in [-0.4, -0.2) is 47.4 Å².